The molecule has 0 aromatic carbocycles. The molecule has 40 heavy (non-hydrogen) atoms. The van der Waals surface area contributed by atoms with Crippen molar-refractivity contribution >= 4 is 45.7 Å². The lowest BCUT2D eigenvalue weighted by Gasteiger charge is -2.70. The molecule has 0 atom stereocenters. The molecule has 9 nitrogen and oxygen atoms in total. The zero-order valence-corrected chi connectivity index (χ0v) is 23.7. The molecular weight excluding hydrogens is 569 g/mol. The minimum atomic E-state index is -4.25. The first-order valence-corrected chi connectivity index (χ1v) is 13.8. The van der Waals surface area contributed by atoms with E-state index in [0.717, 1.165) is 18.7 Å². The molecule has 2 bridgehead atoms. The van der Waals surface area contributed by atoms with Crippen molar-refractivity contribution in [2.24, 2.45) is 5.41 Å². The number of aromatic nitrogens is 3. The molecule has 7 rings (SSSR count). The molecule has 4 aliphatic rings. The van der Waals surface area contributed by atoms with Gasteiger partial charge in [0.15, 0.2) is 5.65 Å². The second-order valence-corrected chi connectivity index (χ2v) is 11.7. The highest BCUT2D eigenvalue weighted by atomic mass is 35.5. The van der Waals surface area contributed by atoms with Crippen molar-refractivity contribution in [3.05, 3.63) is 34.2 Å². The first kappa shape index (κ1) is 28.6. The van der Waals surface area contributed by atoms with Crippen molar-refractivity contribution in [1.29, 1.82) is 0 Å². The van der Waals surface area contributed by atoms with Gasteiger partial charge in [-0.05, 0) is 31.7 Å². The molecule has 4 heterocycles. The predicted molar refractivity (Wildman–Crippen MR) is 149 cm³/mol. The Bertz CT molecular complexity index is 1500. The van der Waals surface area contributed by atoms with Crippen LogP contribution in [0.15, 0.2) is 23.1 Å². The average molecular weight is 599 g/mol. The number of hydrogen-bond acceptors (Lipinski definition) is 8. The Morgan fingerprint density at radius 3 is 2.58 bits per heavy atom. The number of nitrogens with zero attached hydrogens (tertiary/aromatic N) is 4. The van der Waals surface area contributed by atoms with Crippen molar-refractivity contribution in [2.45, 2.75) is 50.9 Å². The van der Waals surface area contributed by atoms with E-state index < -0.39 is 17.1 Å². The maximum Gasteiger partial charge on any atom is 0.394 e. The summed E-state index contributed by atoms with van der Waals surface area (Å²) in [7, 11) is 1.52. The van der Waals surface area contributed by atoms with E-state index >= 15 is 0 Å². The SMILES string of the molecule is CCc1c(N2CCNCC2)c(=O)c2sc(-c3ccnc(OC)c3)nc2n1CC(=O)NC12CC(C(F)(F)F)(C1)C2.Cl. The van der Waals surface area contributed by atoms with Gasteiger partial charge in [0, 0.05) is 55.2 Å². The summed E-state index contributed by atoms with van der Waals surface area (Å²) in [4.78, 5) is 38.1. The summed E-state index contributed by atoms with van der Waals surface area (Å²) in [5.41, 5.74) is -0.195. The Kier molecular flexibility index (Phi) is 7.28. The Hall–Kier alpha value is -2.90. The van der Waals surface area contributed by atoms with E-state index in [2.05, 4.69) is 20.5 Å². The second kappa shape index (κ2) is 10.2. The van der Waals surface area contributed by atoms with Crippen LogP contribution >= 0.6 is 23.7 Å². The van der Waals surface area contributed by atoms with Gasteiger partial charge in [-0.3, -0.25) is 9.59 Å². The van der Waals surface area contributed by atoms with E-state index in [1.807, 2.05) is 6.92 Å². The van der Waals surface area contributed by atoms with E-state index in [-0.39, 0.29) is 49.6 Å². The van der Waals surface area contributed by atoms with E-state index in [9.17, 15) is 22.8 Å². The Balaban J connectivity index is 0.00000323. The highest BCUT2D eigenvalue weighted by Crippen LogP contribution is 2.73. The van der Waals surface area contributed by atoms with Crippen molar-refractivity contribution in [2.75, 3.05) is 38.2 Å². The normalized spacial score (nSPS) is 23.7. The maximum atomic E-state index is 13.9. The minimum Gasteiger partial charge on any atom is -0.481 e. The second-order valence-electron chi connectivity index (χ2n) is 10.7. The molecule has 3 aromatic rings. The Labute approximate surface area is 238 Å². The zero-order chi connectivity index (χ0) is 27.6. The van der Waals surface area contributed by atoms with Crippen LogP contribution in [0.2, 0.25) is 0 Å². The fourth-order valence-electron chi connectivity index (χ4n) is 6.36. The Morgan fingerprint density at radius 1 is 1.25 bits per heavy atom. The molecule has 4 fully saturated rings. The number of ether oxygens (including phenoxy) is 1. The molecule has 1 amide bonds. The number of carbonyl (C=O) groups excluding carboxylic acids is 1. The highest BCUT2D eigenvalue weighted by molar-refractivity contribution is 7.21. The standard InChI is InChI=1S/C26H29F3N6O3S.ClH/c1-3-16-19(34-8-6-30-7-9-34)20(37)21-22(32-23(39-21)15-4-5-31-18(10-15)38-2)35(16)11-17(36)33-25-12-24(13-25,14-25)26(27,28)29;/h4-5,10,30H,3,6-9,11-14H2,1-2H3,(H,33,36);1H. The van der Waals surface area contributed by atoms with Crippen LogP contribution in [0.3, 0.4) is 0 Å². The molecule has 0 unspecified atom stereocenters. The van der Waals surface area contributed by atoms with Crippen LogP contribution < -0.4 is 25.7 Å². The number of fused-ring (bicyclic) bond motifs is 1. The largest absolute Gasteiger partial charge is 0.481 e. The number of hydrogen-bond donors (Lipinski definition) is 2. The minimum absolute atomic E-state index is 0. The molecule has 1 saturated heterocycles. The first-order valence-electron chi connectivity index (χ1n) is 13.0. The lowest BCUT2D eigenvalue weighted by atomic mass is 9.39. The first-order chi connectivity index (χ1) is 18.6. The van der Waals surface area contributed by atoms with Crippen LogP contribution in [0, 0.1) is 5.41 Å². The lowest BCUT2D eigenvalue weighted by molar-refractivity contribution is -0.337. The summed E-state index contributed by atoms with van der Waals surface area (Å²) in [6.45, 7) is 4.55. The van der Waals surface area contributed by atoms with Crippen molar-refractivity contribution in [1.82, 2.24) is 25.2 Å². The number of halogens is 4. The molecule has 3 aromatic heterocycles. The average Bonchev–Trinajstić information content (AvgIpc) is 3.32. The number of pyridine rings is 2. The van der Waals surface area contributed by atoms with Crippen LogP contribution in [0.5, 0.6) is 5.88 Å². The summed E-state index contributed by atoms with van der Waals surface area (Å²) in [5.74, 6) is 0.0313. The van der Waals surface area contributed by atoms with Gasteiger partial charge in [0.1, 0.15) is 21.9 Å². The number of alkyl halides is 3. The van der Waals surface area contributed by atoms with Gasteiger partial charge < -0.3 is 24.8 Å². The van der Waals surface area contributed by atoms with Gasteiger partial charge >= 0.3 is 6.18 Å². The lowest BCUT2D eigenvalue weighted by Crippen LogP contribution is -2.78. The summed E-state index contributed by atoms with van der Waals surface area (Å²) < 4.78 is 47.4. The summed E-state index contributed by atoms with van der Waals surface area (Å²) >= 11 is 1.25. The fraction of sp³-hybridized carbons (Fsp3) is 0.538. The third kappa shape index (κ3) is 4.51. The van der Waals surface area contributed by atoms with Crippen molar-refractivity contribution in [3.63, 3.8) is 0 Å². The van der Waals surface area contributed by atoms with Crippen molar-refractivity contribution in [3.8, 4) is 16.5 Å². The van der Waals surface area contributed by atoms with Gasteiger partial charge in [-0.25, -0.2) is 9.97 Å². The molecular formula is C26H30ClF3N6O3S. The number of thiazole rings is 1. The summed E-state index contributed by atoms with van der Waals surface area (Å²) in [6, 6.07) is 3.51. The molecule has 2 N–H and O–H groups in total. The molecule has 14 heteroatoms. The number of anilines is 1. The number of amides is 1. The zero-order valence-electron chi connectivity index (χ0n) is 22.1. The highest BCUT2D eigenvalue weighted by Gasteiger charge is 2.78. The van der Waals surface area contributed by atoms with Crippen LogP contribution in [0.25, 0.3) is 20.9 Å². The van der Waals surface area contributed by atoms with Gasteiger partial charge in [0.25, 0.3) is 0 Å². The molecule has 1 aliphatic heterocycles. The van der Waals surface area contributed by atoms with Gasteiger partial charge in [0.05, 0.1) is 12.5 Å². The van der Waals surface area contributed by atoms with E-state index in [1.54, 1.807) is 22.9 Å². The van der Waals surface area contributed by atoms with E-state index in [4.69, 9.17) is 9.72 Å². The van der Waals surface area contributed by atoms with Crippen LogP contribution in [0.4, 0.5) is 18.9 Å². The van der Waals surface area contributed by atoms with Gasteiger partial charge in [-0.1, -0.05) is 6.92 Å². The molecule has 0 radical (unpaired) electrons. The monoisotopic (exact) mass is 598 g/mol. The predicted octanol–water partition coefficient (Wildman–Crippen LogP) is 3.52. The smallest absolute Gasteiger partial charge is 0.394 e. The summed E-state index contributed by atoms with van der Waals surface area (Å²) in [5, 5.41) is 6.76. The van der Waals surface area contributed by atoms with Crippen molar-refractivity contribution < 1.29 is 22.7 Å². The molecule has 216 valence electrons. The number of rotatable bonds is 7. The third-order valence-electron chi connectivity index (χ3n) is 8.18. The van der Waals surface area contributed by atoms with E-state index in [1.165, 1.54) is 18.4 Å². The number of nitrogens with one attached hydrogen (secondary N) is 2. The van der Waals surface area contributed by atoms with E-state index in [0.29, 0.717) is 52.1 Å². The number of carbonyl (C=O) groups is 1. The molecule has 3 aliphatic carbocycles. The summed E-state index contributed by atoms with van der Waals surface area (Å²) in [6.07, 6.45) is -2.40. The van der Waals surface area contributed by atoms with Crippen LogP contribution in [-0.4, -0.2) is 65.4 Å². The maximum absolute atomic E-state index is 13.9. The Morgan fingerprint density at radius 2 is 1.95 bits per heavy atom. The third-order valence-corrected chi connectivity index (χ3v) is 9.27. The number of piperazine rings is 1. The van der Waals surface area contributed by atoms with Gasteiger partial charge in [-0.2, -0.15) is 13.2 Å². The van der Waals surface area contributed by atoms with Crippen LogP contribution in [0.1, 0.15) is 31.9 Å². The fourth-order valence-corrected chi connectivity index (χ4v) is 7.36. The van der Waals surface area contributed by atoms with Crippen LogP contribution in [-0.2, 0) is 17.8 Å². The molecule has 3 saturated carbocycles. The number of methoxy groups -OCH3 is 1. The van der Waals surface area contributed by atoms with Gasteiger partial charge in [-0.15, -0.1) is 23.7 Å². The topological polar surface area (TPSA) is 101 Å². The molecule has 0 spiro atoms. The van der Waals surface area contributed by atoms with Gasteiger partial charge in [0.2, 0.25) is 17.2 Å². The quantitative estimate of drug-likeness (QED) is 0.429.